The van der Waals surface area contributed by atoms with Crippen LogP contribution in [-0.2, 0) is 19.0 Å². The molecule has 0 aliphatic heterocycles. The molecule has 1 aromatic carbocycles. The monoisotopic (exact) mass is 454 g/mol. The molecule has 0 saturated heterocycles. The molecule has 0 amide bonds. The Balaban J connectivity index is 0.00000225. The van der Waals surface area contributed by atoms with Gasteiger partial charge in [-0.3, -0.25) is 0 Å². The van der Waals surface area contributed by atoms with Crippen LogP contribution in [-0.4, -0.2) is 33.8 Å². The molecule has 7 heteroatoms. The Hall–Kier alpha value is -1.64. The van der Waals surface area contributed by atoms with Gasteiger partial charge in [-0.1, -0.05) is 30.3 Å². The van der Waals surface area contributed by atoms with Crippen LogP contribution in [0, 0.1) is 6.92 Å². The molecule has 3 rings (SSSR count). The summed E-state index contributed by atoms with van der Waals surface area (Å²) in [5.41, 5.74) is 1.68. The van der Waals surface area contributed by atoms with Crippen LogP contribution in [0.15, 0.2) is 35.3 Å². The van der Waals surface area contributed by atoms with Crippen LogP contribution in [0.4, 0.5) is 0 Å². The van der Waals surface area contributed by atoms with E-state index >= 15 is 0 Å². The van der Waals surface area contributed by atoms with E-state index in [0.29, 0.717) is 6.54 Å². The van der Waals surface area contributed by atoms with Gasteiger partial charge in [0.2, 0.25) is 0 Å². The summed E-state index contributed by atoms with van der Waals surface area (Å²) < 4.78 is 1.97. The lowest BCUT2D eigenvalue weighted by atomic mass is 9.96. The fourth-order valence-electron chi connectivity index (χ4n) is 2.84. The second-order valence-electron chi connectivity index (χ2n) is 6.42. The maximum absolute atomic E-state index is 4.65. The molecule has 2 aromatic rings. The van der Waals surface area contributed by atoms with Crippen molar-refractivity contribution in [1.29, 1.82) is 0 Å². The van der Waals surface area contributed by atoms with Crippen molar-refractivity contribution in [3.05, 3.63) is 47.5 Å². The highest BCUT2D eigenvalue weighted by Gasteiger charge is 2.43. The van der Waals surface area contributed by atoms with Gasteiger partial charge in [-0.05, 0) is 32.3 Å². The Labute approximate surface area is 166 Å². The van der Waals surface area contributed by atoms with E-state index in [1.165, 1.54) is 18.4 Å². The van der Waals surface area contributed by atoms with Gasteiger partial charge in [0.1, 0.15) is 12.4 Å². The Bertz CT molecular complexity index is 706. The highest BCUT2D eigenvalue weighted by atomic mass is 127. The molecule has 6 nitrogen and oxygen atoms in total. The van der Waals surface area contributed by atoms with Crippen LogP contribution in [0.3, 0.4) is 0 Å². The molecule has 1 fully saturated rings. The number of benzene rings is 1. The number of hydrogen-bond donors (Lipinski definition) is 2. The molecule has 0 spiro atoms. The third-order valence-electron chi connectivity index (χ3n) is 4.74. The summed E-state index contributed by atoms with van der Waals surface area (Å²) in [4.78, 5) is 4.65. The van der Waals surface area contributed by atoms with Crippen molar-refractivity contribution >= 4 is 29.9 Å². The van der Waals surface area contributed by atoms with Crippen molar-refractivity contribution in [2.24, 2.45) is 12.0 Å². The van der Waals surface area contributed by atoms with Crippen molar-refractivity contribution in [3.63, 3.8) is 0 Å². The first-order valence-electron chi connectivity index (χ1n) is 8.57. The number of hydrogen-bond acceptors (Lipinski definition) is 3. The standard InChI is InChI=1S/C18H26N6.HI/c1-4-19-17(20-12-16-23-22-14(2)24(16)3)21-13-18(10-11-18)15-8-6-5-7-9-15;/h5-9H,4,10-13H2,1-3H3,(H2,19,20,21);1H. The molecule has 0 unspecified atom stereocenters. The predicted octanol–water partition coefficient (Wildman–Crippen LogP) is 2.53. The molecule has 0 bridgehead atoms. The van der Waals surface area contributed by atoms with E-state index in [2.05, 4.69) is 63.1 Å². The van der Waals surface area contributed by atoms with Crippen molar-refractivity contribution in [2.45, 2.75) is 38.6 Å². The number of aromatic nitrogens is 3. The van der Waals surface area contributed by atoms with Gasteiger partial charge in [0.15, 0.2) is 11.8 Å². The van der Waals surface area contributed by atoms with Gasteiger partial charge < -0.3 is 15.2 Å². The molecule has 1 heterocycles. The minimum atomic E-state index is 0. The fraction of sp³-hybridized carbons (Fsp3) is 0.500. The van der Waals surface area contributed by atoms with E-state index in [9.17, 15) is 0 Å². The molecule has 1 aliphatic carbocycles. The van der Waals surface area contributed by atoms with Gasteiger partial charge in [0, 0.05) is 25.6 Å². The SMILES string of the molecule is CCNC(=NCc1nnc(C)n1C)NCC1(c2ccccc2)CC1.I. The first kappa shape index (κ1) is 19.7. The van der Waals surface area contributed by atoms with Crippen molar-refractivity contribution in [3.8, 4) is 0 Å². The number of rotatable bonds is 6. The third kappa shape index (κ3) is 4.71. The highest BCUT2D eigenvalue weighted by molar-refractivity contribution is 14.0. The molecule has 1 aromatic heterocycles. The fourth-order valence-corrected chi connectivity index (χ4v) is 2.84. The van der Waals surface area contributed by atoms with E-state index in [1.54, 1.807) is 0 Å². The summed E-state index contributed by atoms with van der Waals surface area (Å²) in [7, 11) is 1.97. The predicted molar refractivity (Wildman–Crippen MR) is 111 cm³/mol. The van der Waals surface area contributed by atoms with E-state index in [1.807, 2.05) is 18.5 Å². The highest BCUT2D eigenvalue weighted by Crippen LogP contribution is 2.47. The first-order chi connectivity index (χ1) is 11.6. The van der Waals surface area contributed by atoms with Crippen LogP contribution >= 0.6 is 24.0 Å². The Morgan fingerprint density at radius 3 is 2.48 bits per heavy atom. The topological polar surface area (TPSA) is 67.1 Å². The van der Waals surface area contributed by atoms with Crippen LogP contribution in [0.5, 0.6) is 0 Å². The summed E-state index contributed by atoms with van der Waals surface area (Å²) in [6.07, 6.45) is 2.46. The van der Waals surface area contributed by atoms with Crippen molar-refractivity contribution in [2.75, 3.05) is 13.1 Å². The van der Waals surface area contributed by atoms with E-state index < -0.39 is 0 Å². The van der Waals surface area contributed by atoms with Gasteiger partial charge in [-0.15, -0.1) is 34.2 Å². The normalized spacial score (nSPS) is 15.4. The van der Waals surface area contributed by atoms with E-state index in [4.69, 9.17) is 0 Å². The van der Waals surface area contributed by atoms with Crippen LogP contribution in [0.1, 0.15) is 37.0 Å². The smallest absolute Gasteiger partial charge is 0.191 e. The molecule has 136 valence electrons. The molecule has 2 N–H and O–H groups in total. The van der Waals surface area contributed by atoms with Gasteiger partial charge >= 0.3 is 0 Å². The maximum atomic E-state index is 4.65. The number of nitrogens with zero attached hydrogens (tertiary/aromatic N) is 4. The number of aryl methyl sites for hydroxylation is 1. The molecule has 1 aliphatic rings. The van der Waals surface area contributed by atoms with Crippen LogP contribution < -0.4 is 10.6 Å². The molecule has 25 heavy (non-hydrogen) atoms. The minimum absolute atomic E-state index is 0. The lowest BCUT2D eigenvalue weighted by molar-refractivity contribution is 0.644. The van der Waals surface area contributed by atoms with Crippen molar-refractivity contribution < 1.29 is 0 Å². The third-order valence-corrected chi connectivity index (χ3v) is 4.74. The minimum Gasteiger partial charge on any atom is -0.357 e. The lowest BCUT2D eigenvalue weighted by Gasteiger charge is -2.19. The summed E-state index contributed by atoms with van der Waals surface area (Å²) >= 11 is 0. The molecule has 0 atom stereocenters. The van der Waals surface area contributed by atoms with Crippen LogP contribution in [0.25, 0.3) is 0 Å². The summed E-state index contributed by atoms with van der Waals surface area (Å²) in [5, 5.41) is 15.1. The second kappa shape index (κ2) is 8.64. The summed E-state index contributed by atoms with van der Waals surface area (Å²) in [5.74, 6) is 2.61. The number of guanidine groups is 1. The molecule has 0 radical (unpaired) electrons. The van der Waals surface area contributed by atoms with Gasteiger partial charge in [0.05, 0.1) is 0 Å². The van der Waals surface area contributed by atoms with E-state index in [0.717, 1.165) is 30.7 Å². The molecule has 1 saturated carbocycles. The van der Waals surface area contributed by atoms with Gasteiger partial charge in [-0.2, -0.15) is 0 Å². The zero-order valence-electron chi connectivity index (χ0n) is 15.1. The van der Waals surface area contributed by atoms with Gasteiger partial charge in [-0.25, -0.2) is 4.99 Å². The average Bonchev–Trinajstić information content (AvgIpc) is 3.34. The zero-order valence-corrected chi connectivity index (χ0v) is 17.4. The summed E-state index contributed by atoms with van der Waals surface area (Å²) in [6.45, 7) is 6.28. The number of nitrogens with one attached hydrogen (secondary N) is 2. The lowest BCUT2D eigenvalue weighted by Crippen LogP contribution is -2.41. The zero-order chi connectivity index (χ0) is 17.0. The number of aliphatic imine (C=N–C) groups is 1. The Morgan fingerprint density at radius 1 is 1.20 bits per heavy atom. The maximum Gasteiger partial charge on any atom is 0.191 e. The first-order valence-corrected chi connectivity index (χ1v) is 8.57. The van der Waals surface area contributed by atoms with E-state index in [-0.39, 0.29) is 29.4 Å². The number of halogens is 1. The Kier molecular flexibility index (Phi) is 6.80. The van der Waals surface area contributed by atoms with Crippen LogP contribution in [0.2, 0.25) is 0 Å². The quantitative estimate of drug-likeness (QED) is 0.400. The molecular weight excluding hydrogens is 427 g/mol. The molecular formula is C18H27IN6. The summed E-state index contributed by atoms with van der Waals surface area (Å²) in [6, 6.07) is 10.7. The Morgan fingerprint density at radius 2 is 1.92 bits per heavy atom. The average molecular weight is 454 g/mol. The second-order valence-corrected chi connectivity index (χ2v) is 6.42. The largest absolute Gasteiger partial charge is 0.357 e. The van der Waals surface area contributed by atoms with Gasteiger partial charge in [0.25, 0.3) is 0 Å². The van der Waals surface area contributed by atoms with Crippen molar-refractivity contribution in [1.82, 2.24) is 25.4 Å².